The van der Waals surface area contributed by atoms with Gasteiger partial charge in [-0.1, -0.05) is 0 Å². The van der Waals surface area contributed by atoms with Crippen LogP contribution in [0, 0.1) is 0 Å². The molecule has 0 spiro atoms. The Morgan fingerprint density at radius 1 is 1.18 bits per heavy atom. The lowest BCUT2D eigenvalue weighted by atomic mass is 9.92. The standard InChI is InChI=1S/C18H17F3N4O3/c19-18(20,21)28-12-3-1-10(2-4-12)25-17-16(14(9-22)24-25)15(5-6-23-17)27-13-7-11(26)8-13/h1-6,11,13,26H,7-9,22H2. The molecule has 0 unspecified atom stereocenters. The minimum absolute atomic E-state index is 0.0895. The van der Waals surface area contributed by atoms with Crippen molar-refractivity contribution in [2.45, 2.75) is 38.0 Å². The molecule has 10 heteroatoms. The molecule has 4 rings (SSSR count). The van der Waals surface area contributed by atoms with E-state index in [0.29, 0.717) is 41.0 Å². The van der Waals surface area contributed by atoms with Crippen molar-refractivity contribution < 1.29 is 27.8 Å². The molecule has 1 aliphatic rings. The van der Waals surface area contributed by atoms with Crippen molar-refractivity contribution in [3.63, 3.8) is 0 Å². The SMILES string of the molecule is NCc1nn(-c2ccc(OC(F)(F)F)cc2)c2nccc(OC3CC(O)C3)c12. The van der Waals surface area contributed by atoms with E-state index in [2.05, 4.69) is 14.8 Å². The minimum Gasteiger partial charge on any atom is -0.489 e. The third-order valence-electron chi connectivity index (χ3n) is 4.47. The quantitative estimate of drug-likeness (QED) is 0.691. The van der Waals surface area contributed by atoms with Crippen LogP contribution in [0.3, 0.4) is 0 Å². The monoisotopic (exact) mass is 394 g/mol. The number of alkyl halides is 3. The third kappa shape index (κ3) is 3.60. The second-order valence-corrected chi connectivity index (χ2v) is 6.48. The predicted octanol–water partition coefficient (Wildman–Crippen LogP) is 2.68. The second kappa shape index (κ2) is 6.95. The van der Waals surface area contributed by atoms with Crippen LogP contribution < -0.4 is 15.2 Å². The Morgan fingerprint density at radius 2 is 1.89 bits per heavy atom. The first-order valence-electron chi connectivity index (χ1n) is 8.61. The molecule has 2 heterocycles. The number of nitrogens with zero attached hydrogens (tertiary/aromatic N) is 3. The number of halogens is 3. The van der Waals surface area contributed by atoms with Crippen LogP contribution in [-0.2, 0) is 6.54 Å². The van der Waals surface area contributed by atoms with Crippen LogP contribution in [0.15, 0.2) is 36.5 Å². The molecule has 1 aromatic carbocycles. The average molecular weight is 394 g/mol. The van der Waals surface area contributed by atoms with Gasteiger partial charge in [0.25, 0.3) is 0 Å². The molecule has 2 aromatic heterocycles. The summed E-state index contributed by atoms with van der Waals surface area (Å²) in [4.78, 5) is 4.34. The second-order valence-electron chi connectivity index (χ2n) is 6.48. The van der Waals surface area contributed by atoms with E-state index >= 15 is 0 Å². The van der Waals surface area contributed by atoms with Gasteiger partial charge in [0.05, 0.1) is 22.9 Å². The maximum absolute atomic E-state index is 12.3. The number of hydrogen-bond donors (Lipinski definition) is 2. The maximum atomic E-state index is 12.3. The summed E-state index contributed by atoms with van der Waals surface area (Å²) in [6, 6.07) is 7.01. The zero-order valence-electron chi connectivity index (χ0n) is 14.6. The molecule has 1 fully saturated rings. The largest absolute Gasteiger partial charge is 0.573 e. The summed E-state index contributed by atoms with van der Waals surface area (Å²) in [6.07, 6.45) is -2.53. The van der Waals surface area contributed by atoms with Gasteiger partial charge in [0.1, 0.15) is 17.6 Å². The highest BCUT2D eigenvalue weighted by atomic mass is 19.4. The number of nitrogens with two attached hydrogens (primary N) is 1. The highest BCUT2D eigenvalue weighted by Gasteiger charge is 2.31. The molecule has 148 valence electrons. The summed E-state index contributed by atoms with van der Waals surface area (Å²) < 4.78 is 48.3. The van der Waals surface area contributed by atoms with Gasteiger partial charge in [-0.2, -0.15) is 5.10 Å². The number of rotatable bonds is 5. The average Bonchev–Trinajstić information content (AvgIpc) is 2.99. The molecule has 1 saturated carbocycles. The van der Waals surface area contributed by atoms with E-state index in [4.69, 9.17) is 10.5 Å². The molecule has 7 nitrogen and oxygen atoms in total. The summed E-state index contributed by atoms with van der Waals surface area (Å²) in [5.41, 5.74) is 7.35. The number of benzene rings is 1. The zero-order valence-corrected chi connectivity index (χ0v) is 14.6. The third-order valence-corrected chi connectivity index (χ3v) is 4.47. The Morgan fingerprint density at radius 3 is 2.50 bits per heavy atom. The van der Waals surface area contributed by atoms with Crippen LogP contribution in [0.4, 0.5) is 13.2 Å². The summed E-state index contributed by atoms with van der Waals surface area (Å²) in [6.45, 7) is 0.133. The highest BCUT2D eigenvalue weighted by molar-refractivity contribution is 5.86. The van der Waals surface area contributed by atoms with Crippen molar-refractivity contribution in [3.05, 3.63) is 42.2 Å². The molecule has 1 aliphatic carbocycles. The first kappa shape index (κ1) is 18.5. The van der Waals surface area contributed by atoms with Crippen LogP contribution in [0.2, 0.25) is 0 Å². The number of aliphatic hydroxyl groups is 1. The van der Waals surface area contributed by atoms with Gasteiger partial charge in [-0.3, -0.25) is 0 Å². The minimum atomic E-state index is -4.75. The highest BCUT2D eigenvalue weighted by Crippen LogP contribution is 2.33. The Kier molecular flexibility index (Phi) is 4.60. The van der Waals surface area contributed by atoms with Gasteiger partial charge < -0.3 is 20.3 Å². The maximum Gasteiger partial charge on any atom is 0.573 e. The van der Waals surface area contributed by atoms with Crippen molar-refractivity contribution in [3.8, 4) is 17.2 Å². The number of pyridine rings is 1. The number of ether oxygens (including phenoxy) is 2. The van der Waals surface area contributed by atoms with E-state index in [9.17, 15) is 18.3 Å². The Hall–Kier alpha value is -2.85. The smallest absolute Gasteiger partial charge is 0.489 e. The van der Waals surface area contributed by atoms with E-state index in [-0.39, 0.29) is 24.5 Å². The van der Waals surface area contributed by atoms with Crippen molar-refractivity contribution in [2.75, 3.05) is 0 Å². The molecule has 0 saturated heterocycles. The molecule has 3 aromatic rings. The number of aromatic nitrogens is 3. The molecule has 3 N–H and O–H groups in total. The van der Waals surface area contributed by atoms with Crippen LogP contribution in [0.5, 0.6) is 11.5 Å². The fourth-order valence-corrected chi connectivity index (χ4v) is 3.11. The lowest BCUT2D eigenvalue weighted by molar-refractivity contribution is -0.274. The Balaban J connectivity index is 1.70. The van der Waals surface area contributed by atoms with Crippen LogP contribution in [0.25, 0.3) is 16.7 Å². The Bertz CT molecular complexity index is 982. The van der Waals surface area contributed by atoms with Crippen molar-refractivity contribution in [2.24, 2.45) is 5.73 Å². The predicted molar refractivity (Wildman–Crippen MR) is 93.1 cm³/mol. The van der Waals surface area contributed by atoms with Crippen molar-refractivity contribution in [1.82, 2.24) is 14.8 Å². The summed E-state index contributed by atoms with van der Waals surface area (Å²) in [5.74, 6) is 0.234. The van der Waals surface area contributed by atoms with Crippen LogP contribution in [-0.4, -0.2) is 38.4 Å². The van der Waals surface area contributed by atoms with Crippen molar-refractivity contribution >= 4 is 11.0 Å². The van der Waals surface area contributed by atoms with Crippen molar-refractivity contribution in [1.29, 1.82) is 0 Å². The van der Waals surface area contributed by atoms with Gasteiger partial charge >= 0.3 is 6.36 Å². The zero-order chi connectivity index (χ0) is 19.9. The molecular formula is C18H17F3N4O3. The van der Waals surface area contributed by atoms with Gasteiger partial charge in [-0.25, -0.2) is 9.67 Å². The van der Waals surface area contributed by atoms with Gasteiger partial charge in [0.15, 0.2) is 5.65 Å². The van der Waals surface area contributed by atoms with E-state index in [1.807, 2.05) is 0 Å². The molecule has 0 radical (unpaired) electrons. The summed E-state index contributed by atoms with van der Waals surface area (Å²) in [5, 5.41) is 14.5. The summed E-state index contributed by atoms with van der Waals surface area (Å²) in [7, 11) is 0. The van der Waals surface area contributed by atoms with Gasteiger partial charge in [0.2, 0.25) is 0 Å². The van der Waals surface area contributed by atoms with Gasteiger partial charge in [-0.05, 0) is 30.3 Å². The molecule has 0 aliphatic heterocycles. The number of hydrogen-bond acceptors (Lipinski definition) is 6. The number of aliphatic hydroxyl groups excluding tert-OH is 1. The Labute approximate surface area is 157 Å². The molecule has 0 atom stereocenters. The topological polar surface area (TPSA) is 95.4 Å². The van der Waals surface area contributed by atoms with E-state index in [0.717, 1.165) is 0 Å². The summed E-state index contributed by atoms with van der Waals surface area (Å²) >= 11 is 0. The first-order valence-corrected chi connectivity index (χ1v) is 8.61. The number of fused-ring (bicyclic) bond motifs is 1. The molecule has 0 amide bonds. The van der Waals surface area contributed by atoms with E-state index in [1.165, 1.54) is 28.9 Å². The normalized spacial score (nSPS) is 19.5. The first-order chi connectivity index (χ1) is 13.3. The van der Waals surface area contributed by atoms with Gasteiger partial charge in [0, 0.05) is 25.6 Å². The fourth-order valence-electron chi connectivity index (χ4n) is 3.11. The lowest BCUT2D eigenvalue weighted by Crippen LogP contribution is -2.37. The van der Waals surface area contributed by atoms with Crippen LogP contribution >= 0.6 is 0 Å². The fraction of sp³-hybridized carbons (Fsp3) is 0.333. The molecular weight excluding hydrogens is 377 g/mol. The molecule has 28 heavy (non-hydrogen) atoms. The van der Waals surface area contributed by atoms with Crippen LogP contribution in [0.1, 0.15) is 18.5 Å². The molecule has 0 bridgehead atoms. The van der Waals surface area contributed by atoms with E-state index < -0.39 is 6.36 Å². The van der Waals surface area contributed by atoms with E-state index in [1.54, 1.807) is 12.3 Å². The van der Waals surface area contributed by atoms with Gasteiger partial charge in [-0.15, -0.1) is 13.2 Å². The lowest BCUT2D eigenvalue weighted by Gasteiger charge is -2.31.